The van der Waals surface area contributed by atoms with E-state index in [4.69, 9.17) is 11.6 Å². The molecule has 3 atom stereocenters. The lowest BCUT2D eigenvalue weighted by Crippen LogP contribution is -2.31. The van der Waals surface area contributed by atoms with Crippen LogP contribution in [-0.4, -0.2) is 34.3 Å². The molecule has 2 aromatic rings. The molecule has 0 aliphatic carbocycles. The number of aryl methyl sites for hydroxylation is 1. The van der Waals surface area contributed by atoms with Crippen molar-refractivity contribution in [3.8, 4) is 5.75 Å². The molecule has 0 spiro atoms. The number of benzene rings is 1. The highest BCUT2D eigenvalue weighted by Gasteiger charge is 2.54. The molecule has 0 unspecified atom stereocenters. The van der Waals surface area contributed by atoms with E-state index >= 15 is 0 Å². The van der Waals surface area contributed by atoms with Crippen molar-refractivity contribution in [1.82, 2.24) is 4.90 Å². The van der Waals surface area contributed by atoms with Gasteiger partial charge in [-0.1, -0.05) is 11.6 Å². The van der Waals surface area contributed by atoms with Gasteiger partial charge < -0.3 is 10.0 Å². The van der Waals surface area contributed by atoms with Gasteiger partial charge in [-0.3, -0.25) is 9.59 Å². The second-order valence-electron chi connectivity index (χ2n) is 6.74. The summed E-state index contributed by atoms with van der Waals surface area (Å²) in [5.41, 5.74) is 1.25. The summed E-state index contributed by atoms with van der Waals surface area (Å²) in [6.07, 6.45) is 1.89. The van der Waals surface area contributed by atoms with Crippen LogP contribution < -0.4 is 0 Å². The van der Waals surface area contributed by atoms with Gasteiger partial charge in [0.25, 0.3) is 0 Å². The first-order chi connectivity index (χ1) is 12.0. The summed E-state index contributed by atoms with van der Waals surface area (Å²) in [5, 5.41) is 12.5. The summed E-state index contributed by atoms with van der Waals surface area (Å²) >= 11 is 7.61. The van der Waals surface area contributed by atoms with E-state index in [1.165, 1.54) is 18.2 Å². The number of fused-ring (bicyclic) bond motifs is 1. The third-order valence-electron chi connectivity index (χ3n) is 5.33. The molecule has 2 saturated heterocycles. The first-order valence-corrected chi connectivity index (χ1v) is 9.62. The molecule has 4 rings (SSSR count). The Kier molecular flexibility index (Phi) is 4.08. The molecular weight excluding hydrogens is 358 g/mol. The maximum absolute atomic E-state index is 13.2. The third-order valence-corrected chi connectivity index (χ3v) is 6.69. The van der Waals surface area contributed by atoms with E-state index in [1.54, 1.807) is 11.3 Å². The van der Waals surface area contributed by atoms with Gasteiger partial charge in [-0.15, -0.1) is 11.3 Å². The normalized spacial score (nSPS) is 25.4. The first-order valence-electron chi connectivity index (χ1n) is 8.36. The standard InChI is InChI=1S/C19H18ClNO3S/c1-10-6-8-25-18(10)15-13-3-2-7-21(13)19(24)16(15)17(23)12-9-11(20)4-5-14(12)22/h4-6,8-9,13,15-16,22H,2-3,7H2,1H3/t13-,15-,16-/m1/s1. The number of aromatic hydroxyl groups is 1. The molecule has 25 heavy (non-hydrogen) atoms. The summed E-state index contributed by atoms with van der Waals surface area (Å²) in [6.45, 7) is 2.72. The molecule has 4 nitrogen and oxygen atoms in total. The highest BCUT2D eigenvalue weighted by molar-refractivity contribution is 7.10. The highest BCUT2D eigenvalue weighted by atomic mass is 35.5. The van der Waals surface area contributed by atoms with Gasteiger partial charge in [-0.05, 0) is 55.0 Å². The van der Waals surface area contributed by atoms with Crippen molar-refractivity contribution in [2.45, 2.75) is 31.7 Å². The number of phenolic OH excluding ortho intramolecular Hbond substituents is 1. The minimum absolute atomic E-state index is 0.0696. The molecule has 1 N–H and O–H groups in total. The molecule has 0 saturated carbocycles. The van der Waals surface area contributed by atoms with E-state index in [0.717, 1.165) is 23.3 Å². The number of nitrogens with zero attached hydrogens (tertiary/aromatic N) is 1. The Bertz CT molecular complexity index is 862. The molecule has 130 valence electrons. The SMILES string of the molecule is Cc1ccsc1[C@H]1[C@H](C(=O)c2cc(Cl)ccc2O)C(=O)N2CCC[C@H]12. The van der Waals surface area contributed by atoms with Gasteiger partial charge in [0.2, 0.25) is 5.91 Å². The van der Waals surface area contributed by atoms with Crippen LogP contribution in [0.5, 0.6) is 5.75 Å². The number of halogens is 1. The number of Topliss-reactive ketones (excluding diaryl/α,β-unsaturated/α-hetero) is 1. The lowest BCUT2D eigenvalue weighted by molar-refractivity contribution is -0.129. The molecule has 2 aliphatic heterocycles. The van der Waals surface area contributed by atoms with Crippen molar-refractivity contribution in [2.75, 3.05) is 6.54 Å². The van der Waals surface area contributed by atoms with Crippen molar-refractivity contribution in [3.05, 3.63) is 50.7 Å². The molecule has 0 bridgehead atoms. The average Bonchev–Trinajstić information content (AvgIpc) is 3.27. The number of amides is 1. The number of carbonyl (C=O) groups is 2. The Hall–Kier alpha value is -1.85. The monoisotopic (exact) mass is 375 g/mol. The van der Waals surface area contributed by atoms with Crippen LogP contribution in [0.15, 0.2) is 29.6 Å². The fourth-order valence-corrected chi connectivity index (χ4v) is 5.49. The maximum atomic E-state index is 13.2. The predicted octanol–water partition coefficient (Wildman–Crippen LogP) is 4.00. The van der Waals surface area contributed by atoms with E-state index in [9.17, 15) is 14.7 Å². The third kappa shape index (κ3) is 2.57. The number of ketones is 1. The van der Waals surface area contributed by atoms with Gasteiger partial charge in [-0.2, -0.15) is 0 Å². The van der Waals surface area contributed by atoms with E-state index < -0.39 is 5.92 Å². The highest BCUT2D eigenvalue weighted by Crippen LogP contribution is 2.48. The van der Waals surface area contributed by atoms with Crippen LogP contribution in [0.25, 0.3) is 0 Å². The van der Waals surface area contributed by atoms with Crippen molar-refractivity contribution >= 4 is 34.6 Å². The predicted molar refractivity (Wildman–Crippen MR) is 97.5 cm³/mol. The molecule has 1 aromatic carbocycles. The fraction of sp³-hybridized carbons (Fsp3) is 0.368. The summed E-state index contributed by atoms with van der Waals surface area (Å²) in [7, 11) is 0. The molecule has 3 heterocycles. The number of rotatable bonds is 3. The minimum Gasteiger partial charge on any atom is -0.507 e. The van der Waals surface area contributed by atoms with Crippen LogP contribution in [0, 0.1) is 12.8 Å². The largest absolute Gasteiger partial charge is 0.507 e. The fourth-order valence-electron chi connectivity index (χ4n) is 4.19. The Morgan fingerprint density at radius 2 is 2.16 bits per heavy atom. The molecule has 0 radical (unpaired) electrons. The maximum Gasteiger partial charge on any atom is 0.234 e. The number of phenols is 1. The van der Waals surface area contributed by atoms with Crippen LogP contribution in [0.3, 0.4) is 0 Å². The van der Waals surface area contributed by atoms with Crippen LogP contribution in [0.2, 0.25) is 5.02 Å². The molecule has 1 aromatic heterocycles. The minimum atomic E-state index is -0.785. The molecular formula is C19H18ClNO3S. The van der Waals surface area contributed by atoms with Crippen molar-refractivity contribution in [1.29, 1.82) is 0 Å². The smallest absolute Gasteiger partial charge is 0.234 e. The van der Waals surface area contributed by atoms with Crippen LogP contribution in [0.4, 0.5) is 0 Å². The number of hydrogen-bond donors (Lipinski definition) is 1. The summed E-state index contributed by atoms with van der Waals surface area (Å²) in [4.78, 5) is 29.2. The molecule has 2 aliphatic rings. The average molecular weight is 376 g/mol. The summed E-state index contributed by atoms with van der Waals surface area (Å²) in [6, 6.07) is 6.49. The molecule has 2 fully saturated rings. The molecule has 6 heteroatoms. The zero-order valence-electron chi connectivity index (χ0n) is 13.7. The zero-order valence-corrected chi connectivity index (χ0v) is 15.3. The van der Waals surface area contributed by atoms with E-state index in [1.807, 2.05) is 23.3 Å². The summed E-state index contributed by atoms with van der Waals surface area (Å²) in [5.74, 6) is -1.52. The Labute approximate surface area is 155 Å². The van der Waals surface area contributed by atoms with Crippen LogP contribution >= 0.6 is 22.9 Å². The van der Waals surface area contributed by atoms with E-state index in [2.05, 4.69) is 0 Å². The van der Waals surface area contributed by atoms with Gasteiger partial charge in [0.15, 0.2) is 5.78 Å². The van der Waals surface area contributed by atoms with Gasteiger partial charge in [0, 0.05) is 28.4 Å². The Morgan fingerprint density at radius 3 is 2.88 bits per heavy atom. The van der Waals surface area contributed by atoms with Crippen molar-refractivity contribution < 1.29 is 14.7 Å². The quantitative estimate of drug-likeness (QED) is 0.651. The molecule has 1 amide bonds. The van der Waals surface area contributed by atoms with Crippen LogP contribution in [0.1, 0.15) is 39.6 Å². The lowest BCUT2D eigenvalue weighted by atomic mass is 9.81. The first kappa shape index (κ1) is 16.6. The van der Waals surface area contributed by atoms with Gasteiger partial charge in [0.1, 0.15) is 11.7 Å². The second kappa shape index (κ2) is 6.15. The second-order valence-corrected chi connectivity index (χ2v) is 8.12. The van der Waals surface area contributed by atoms with Gasteiger partial charge >= 0.3 is 0 Å². The number of thiophene rings is 1. The Morgan fingerprint density at radius 1 is 1.36 bits per heavy atom. The number of carbonyl (C=O) groups excluding carboxylic acids is 2. The van der Waals surface area contributed by atoms with Gasteiger partial charge in [-0.25, -0.2) is 0 Å². The van der Waals surface area contributed by atoms with E-state index in [-0.39, 0.29) is 35.0 Å². The number of hydrogen-bond acceptors (Lipinski definition) is 4. The topological polar surface area (TPSA) is 57.6 Å². The van der Waals surface area contributed by atoms with Crippen LogP contribution in [-0.2, 0) is 4.79 Å². The lowest BCUT2D eigenvalue weighted by Gasteiger charge is -2.21. The van der Waals surface area contributed by atoms with Gasteiger partial charge in [0.05, 0.1) is 5.56 Å². The summed E-state index contributed by atoms with van der Waals surface area (Å²) < 4.78 is 0. The Balaban J connectivity index is 1.80. The van der Waals surface area contributed by atoms with Crippen molar-refractivity contribution in [2.24, 2.45) is 5.92 Å². The van der Waals surface area contributed by atoms with E-state index in [0.29, 0.717) is 11.6 Å². The zero-order chi connectivity index (χ0) is 17.7. The van der Waals surface area contributed by atoms with Crippen molar-refractivity contribution in [3.63, 3.8) is 0 Å².